The molecule has 0 aromatic heterocycles. The van der Waals surface area contributed by atoms with Crippen molar-refractivity contribution in [3.05, 3.63) is 0 Å². The molecule has 5 heteroatoms. The summed E-state index contributed by atoms with van der Waals surface area (Å²) < 4.78 is 4.63. The van der Waals surface area contributed by atoms with Crippen LogP contribution in [0, 0.1) is 0 Å². The molecular formula is C17H40ClNO3. The Balaban J connectivity index is -0.000000385. The van der Waals surface area contributed by atoms with E-state index in [-0.39, 0.29) is 25.6 Å². The SMILES string of the molecule is CCCCCCCCCCCN(C)C.Cl.OCCOCCO. The van der Waals surface area contributed by atoms with E-state index in [2.05, 4.69) is 30.7 Å². The van der Waals surface area contributed by atoms with Crippen LogP contribution < -0.4 is 0 Å². The Hall–Kier alpha value is 0.130. The van der Waals surface area contributed by atoms with Crippen LogP contribution in [0.3, 0.4) is 0 Å². The fourth-order valence-corrected chi connectivity index (χ4v) is 1.97. The molecule has 0 spiro atoms. The van der Waals surface area contributed by atoms with Crippen LogP contribution >= 0.6 is 12.4 Å². The van der Waals surface area contributed by atoms with E-state index < -0.39 is 0 Å². The molecule has 0 rings (SSSR count). The molecule has 0 saturated carbocycles. The number of hydrogen-bond acceptors (Lipinski definition) is 4. The Bertz CT molecular complexity index is 168. The summed E-state index contributed by atoms with van der Waals surface area (Å²) in [5, 5.41) is 16.2. The second kappa shape index (κ2) is 26.0. The van der Waals surface area contributed by atoms with E-state index in [9.17, 15) is 0 Å². The number of aliphatic hydroxyl groups is 2. The molecule has 0 fully saturated rings. The van der Waals surface area contributed by atoms with Crippen molar-refractivity contribution in [1.29, 1.82) is 0 Å². The predicted octanol–water partition coefficient (Wildman–Crippen LogP) is 3.49. The van der Waals surface area contributed by atoms with E-state index in [0.29, 0.717) is 13.2 Å². The van der Waals surface area contributed by atoms with Gasteiger partial charge < -0.3 is 19.8 Å². The van der Waals surface area contributed by atoms with Gasteiger partial charge in [0.15, 0.2) is 0 Å². The number of unbranched alkanes of at least 4 members (excludes halogenated alkanes) is 8. The summed E-state index contributed by atoms with van der Waals surface area (Å²) in [6.07, 6.45) is 12.9. The number of aliphatic hydroxyl groups excluding tert-OH is 2. The lowest BCUT2D eigenvalue weighted by Gasteiger charge is -2.08. The Morgan fingerprint density at radius 1 is 0.727 bits per heavy atom. The summed E-state index contributed by atoms with van der Waals surface area (Å²) in [5.41, 5.74) is 0. The molecule has 0 aromatic rings. The first kappa shape index (κ1) is 27.0. The van der Waals surface area contributed by atoms with Crippen molar-refractivity contribution in [3.63, 3.8) is 0 Å². The van der Waals surface area contributed by atoms with Gasteiger partial charge in [0, 0.05) is 0 Å². The largest absolute Gasteiger partial charge is 0.394 e. The number of ether oxygens (including phenoxy) is 1. The van der Waals surface area contributed by atoms with Crippen molar-refractivity contribution < 1.29 is 14.9 Å². The highest BCUT2D eigenvalue weighted by molar-refractivity contribution is 5.85. The highest BCUT2D eigenvalue weighted by Gasteiger charge is 1.92. The normalized spacial score (nSPS) is 10.1. The van der Waals surface area contributed by atoms with Gasteiger partial charge in [0.1, 0.15) is 0 Å². The standard InChI is InChI=1S/C13H29N.C4H10O3.ClH/c1-4-5-6-7-8-9-10-11-12-13-14(2)3;5-1-3-7-4-2-6;/h4-13H2,1-3H3;5-6H,1-4H2;1H. The van der Waals surface area contributed by atoms with Crippen molar-refractivity contribution in [3.8, 4) is 0 Å². The molecule has 2 N–H and O–H groups in total. The maximum Gasteiger partial charge on any atom is 0.0698 e. The van der Waals surface area contributed by atoms with Gasteiger partial charge in [0.2, 0.25) is 0 Å². The molecule has 0 aromatic carbocycles. The Morgan fingerprint density at radius 2 is 1.14 bits per heavy atom. The van der Waals surface area contributed by atoms with Crippen molar-refractivity contribution in [1.82, 2.24) is 4.90 Å². The molecule has 0 amide bonds. The van der Waals surface area contributed by atoms with E-state index in [0.717, 1.165) is 0 Å². The average Bonchev–Trinajstić information content (AvgIpc) is 2.46. The first-order chi connectivity index (χ1) is 10.2. The van der Waals surface area contributed by atoms with Crippen molar-refractivity contribution >= 4 is 12.4 Å². The third-order valence-electron chi connectivity index (χ3n) is 3.18. The summed E-state index contributed by atoms with van der Waals surface area (Å²) in [5.74, 6) is 0. The van der Waals surface area contributed by atoms with Crippen LogP contribution in [0.5, 0.6) is 0 Å². The quantitative estimate of drug-likeness (QED) is 0.475. The van der Waals surface area contributed by atoms with Crippen LogP contribution in [0.2, 0.25) is 0 Å². The zero-order valence-electron chi connectivity index (χ0n) is 15.1. The third kappa shape index (κ3) is 32.2. The number of hydrogen-bond donors (Lipinski definition) is 2. The molecule has 0 aliphatic carbocycles. The van der Waals surface area contributed by atoms with Crippen molar-refractivity contribution in [2.45, 2.75) is 64.7 Å². The number of nitrogens with zero attached hydrogens (tertiary/aromatic N) is 1. The first-order valence-corrected chi connectivity index (χ1v) is 8.63. The lowest BCUT2D eigenvalue weighted by molar-refractivity contribution is 0.0650. The fourth-order valence-electron chi connectivity index (χ4n) is 1.97. The molecule has 0 saturated heterocycles. The van der Waals surface area contributed by atoms with Gasteiger partial charge in [-0.3, -0.25) is 0 Å². The smallest absolute Gasteiger partial charge is 0.0698 e. The van der Waals surface area contributed by atoms with E-state index in [1.807, 2.05) is 0 Å². The second-order valence-electron chi connectivity index (χ2n) is 5.69. The topological polar surface area (TPSA) is 52.9 Å². The van der Waals surface area contributed by atoms with Gasteiger partial charge in [-0.05, 0) is 27.1 Å². The minimum atomic E-state index is 0. The first-order valence-electron chi connectivity index (χ1n) is 8.63. The minimum absolute atomic E-state index is 0. The molecular weight excluding hydrogens is 302 g/mol. The van der Waals surface area contributed by atoms with Gasteiger partial charge in [-0.1, -0.05) is 58.3 Å². The highest BCUT2D eigenvalue weighted by Crippen LogP contribution is 2.09. The Kier molecular flexibility index (Phi) is 32.0. The third-order valence-corrected chi connectivity index (χ3v) is 3.18. The van der Waals surface area contributed by atoms with Crippen LogP contribution in [0.1, 0.15) is 64.7 Å². The van der Waals surface area contributed by atoms with E-state index >= 15 is 0 Å². The zero-order chi connectivity index (χ0) is 16.2. The molecule has 0 aliphatic heterocycles. The van der Waals surface area contributed by atoms with Gasteiger partial charge in [-0.2, -0.15) is 0 Å². The van der Waals surface area contributed by atoms with E-state index in [4.69, 9.17) is 10.2 Å². The van der Waals surface area contributed by atoms with Crippen molar-refractivity contribution in [2.75, 3.05) is 47.1 Å². The van der Waals surface area contributed by atoms with Crippen LogP contribution in [-0.2, 0) is 4.74 Å². The van der Waals surface area contributed by atoms with Crippen LogP contribution in [0.25, 0.3) is 0 Å². The highest BCUT2D eigenvalue weighted by atomic mass is 35.5. The molecule has 0 bridgehead atoms. The minimum Gasteiger partial charge on any atom is -0.394 e. The van der Waals surface area contributed by atoms with Gasteiger partial charge in [0.05, 0.1) is 26.4 Å². The molecule has 0 atom stereocenters. The van der Waals surface area contributed by atoms with Crippen LogP contribution in [0.15, 0.2) is 0 Å². The summed E-state index contributed by atoms with van der Waals surface area (Å²) in [6.45, 7) is 4.23. The monoisotopic (exact) mass is 341 g/mol. The number of halogens is 1. The van der Waals surface area contributed by atoms with Crippen molar-refractivity contribution in [2.24, 2.45) is 0 Å². The molecule has 22 heavy (non-hydrogen) atoms. The van der Waals surface area contributed by atoms with Crippen LogP contribution in [0.4, 0.5) is 0 Å². The fraction of sp³-hybridized carbons (Fsp3) is 1.00. The van der Waals surface area contributed by atoms with Crippen LogP contribution in [-0.4, -0.2) is 62.2 Å². The summed E-state index contributed by atoms with van der Waals surface area (Å²) in [7, 11) is 4.31. The molecule has 4 nitrogen and oxygen atoms in total. The molecule has 0 heterocycles. The predicted molar refractivity (Wildman–Crippen MR) is 98.0 cm³/mol. The number of rotatable bonds is 14. The molecule has 0 aliphatic rings. The lowest BCUT2D eigenvalue weighted by Crippen LogP contribution is -2.12. The Labute approximate surface area is 144 Å². The van der Waals surface area contributed by atoms with E-state index in [1.165, 1.54) is 64.3 Å². The second-order valence-corrected chi connectivity index (χ2v) is 5.69. The summed E-state index contributed by atoms with van der Waals surface area (Å²) >= 11 is 0. The summed E-state index contributed by atoms with van der Waals surface area (Å²) in [6, 6.07) is 0. The molecule has 0 radical (unpaired) electrons. The van der Waals surface area contributed by atoms with Gasteiger partial charge in [0.25, 0.3) is 0 Å². The zero-order valence-corrected chi connectivity index (χ0v) is 15.9. The molecule has 138 valence electrons. The maximum atomic E-state index is 8.09. The van der Waals surface area contributed by atoms with Gasteiger partial charge in [-0.15, -0.1) is 12.4 Å². The average molecular weight is 342 g/mol. The Morgan fingerprint density at radius 3 is 1.50 bits per heavy atom. The van der Waals surface area contributed by atoms with Gasteiger partial charge in [-0.25, -0.2) is 0 Å². The summed E-state index contributed by atoms with van der Waals surface area (Å²) in [4.78, 5) is 2.28. The maximum absolute atomic E-state index is 8.09. The van der Waals surface area contributed by atoms with Gasteiger partial charge >= 0.3 is 0 Å². The lowest BCUT2D eigenvalue weighted by atomic mass is 10.1. The van der Waals surface area contributed by atoms with E-state index in [1.54, 1.807) is 0 Å². The molecule has 0 unspecified atom stereocenters.